The standard InChI is InChI=1S/C13H15FN4O2/c1-8(9-5-4-6-10(14)7-9)15-11-12(19)17(2)13(20)18(3)16-11/h4-8H,1-3H3,(H,15,16). The Morgan fingerprint density at radius 2 is 2.00 bits per heavy atom. The Labute approximate surface area is 114 Å². The van der Waals surface area contributed by atoms with E-state index in [9.17, 15) is 14.0 Å². The number of anilines is 1. The van der Waals surface area contributed by atoms with Gasteiger partial charge in [-0.2, -0.15) is 0 Å². The van der Waals surface area contributed by atoms with Gasteiger partial charge in [0.05, 0.1) is 6.04 Å². The third-order valence-electron chi connectivity index (χ3n) is 3.02. The number of hydrogen-bond acceptors (Lipinski definition) is 4. The topological polar surface area (TPSA) is 68.9 Å². The molecule has 1 aromatic carbocycles. The van der Waals surface area contributed by atoms with Gasteiger partial charge in [-0.05, 0) is 24.6 Å². The highest BCUT2D eigenvalue weighted by atomic mass is 19.1. The molecule has 20 heavy (non-hydrogen) atoms. The van der Waals surface area contributed by atoms with E-state index in [2.05, 4.69) is 10.4 Å². The lowest BCUT2D eigenvalue weighted by Gasteiger charge is -2.15. The third-order valence-corrected chi connectivity index (χ3v) is 3.02. The summed E-state index contributed by atoms with van der Waals surface area (Å²) < 4.78 is 15.2. The van der Waals surface area contributed by atoms with Gasteiger partial charge in [0.2, 0.25) is 5.82 Å². The van der Waals surface area contributed by atoms with Crippen LogP contribution in [0.15, 0.2) is 33.9 Å². The monoisotopic (exact) mass is 278 g/mol. The van der Waals surface area contributed by atoms with E-state index in [-0.39, 0.29) is 17.7 Å². The molecular weight excluding hydrogens is 263 g/mol. The van der Waals surface area contributed by atoms with E-state index in [4.69, 9.17) is 0 Å². The van der Waals surface area contributed by atoms with Crippen molar-refractivity contribution in [3.63, 3.8) is 0 Å². The number of nitrogens with zero attached hydrogens (tertiary/aromatic N) is 3. The molecule has 2 rings (SSSR count). The molecule has 0 spiro atoms. The molecule has 0 aliphatic carbocycles. The number of hydrogen-bond donors (Lipinski definition) is 1. The van der Waals surface area contributed by atoms with Crippen molar-refractivity contribution in [2.45, 2.75) is 13.0 Å². The van der Waals surface area contributed by atoms with Crippen molar-refractivity contribution in [2.24, 2.45) is 14.1 Å². The number of benzene rings is 1. The summed E-state index contributed by atoms with van der Waals surface area (Å²) in [5.41, 5.74) is -0.335. The summed E-state index contributed by atoms with van der Waals surface area (Å²) in [4.78, 5) is 23.5. The van der Waals surface area contributed by atoms with Crippen molar-refractivity contribution in [1.82, 2.24) is 14.3 Å². The Morgan fingerprint density at radius 1 is 1.30 bits per heavy atom. The van der Waals surface area contributed by atoms with E-state index < -0.39 is 11.2 Å². The number of aryl methyl sites for hydroxylation is 1. The van der Waals surface area contributed by atoms with Gasteiger partial charge in [-0.15, -0.1) is 5.10 Å². The molecule has 1 atom stereocenters. The normalized spacial score (nSPS) is 12.2. The van der Waals surface area contributed by atoms with Crippen molar-refractivity contribution >= 4 is 5.82 Å². The van der Waals surface area contributed by atoms with Crippen molar-refractivity contribution in [3.8, 4) is 0 Å². The number of nitrogens with one attached hydrogen (secondary N) is 1. The van der Waals surface area contributed by atoms with E-state index in [0.717, 1.165) is 9.25 Å². The Balaban J connectivity index is 2.36. The van der Waals surface area contributed by atoms with E-state index >= 15 is 0 Å². The fourth-order valence-electron chi connectivity index (χ4n) is 1.85. The van der Waals surface area contributed by atoms with E-state index in [1.54, 1.807) is 19.1 Å². The predicted molar refractivity (Wildman–Crippen MR) is 73.2 cm³/mol. The maximum Gasteiger partial charge on any atom is 0.346 e. The smallest absolute Gasteiger partial charge is 0.346 e. The van der Waals surface area contributed by atoms with Crippen LogP contribution in [0, 0.1) is 5.82 Å². The van der Waals surface area contributed by atoms with Crippen LogP contribution in [0.1, 0.15) is 18.5 Å². The number of rotatable bonds is 3. The van der Waals surface area contributed by atoms with Gasteiger partial charge >= 0.3 is 5.69 Å². The largest absolute Gasteiger partial charge is 0.358 e. The predicted octanol–water partition coefficient (Wildman–Crippen LogP) is 0.791. The summed E-state index contributed by atoms with van der Waals surface area (Å²) in [6, 6.07) is 5.75. The Kier molecular flexibility index (Phi) is 3.69. The summed E-state index contributed by atoms with van der Waals surface area (Å²) >= 11 is 0. The summed E-state index contributed by atoms with van der Waals surface area (Å²) in [7, 11) is 2.84. The lowest BCUT2D eigenvalue weighted by Crippen LogP contribution is -2.40. The number of halogens is 1. The lowest BCUT2D eigenvalue weighted by atomic mass is 10.1. The van der Waals surface area contributed by atoms with Gasteiger partial charge in [0.15, 0.2) is 0 Å². The van der Waals surface area contributed by atoms with Crippen LogP contribution in [-0.2, 0) is 14.1 Å². The molecule has 1 unspecified atom stereocenters. The van der Waals surface area contributed by atoms with Gasteiger partial charge in [0.25, 0.3) is 5.56 Å². The van der Waals surface area contributed by atoms with Crippen LogP contribution in [-0.4, -0.2) is 14.3 Å². The molecule has 0 aliphatic rings. The second-order valence-electron chi connectivity index (χ2n) is 4.54. The molecule has 0 aliphatic heterocycles. The summed E-state index contributed by atoms with van der Waals surface area (Å²) in [6.45, 7) is 1.78. The van der Waals surface area contributed by atoms with Crippen molar-refractivity contribution < 1.29 is 4.39 Å². The molecule has 0 bridgehead atoms. The van der Waals surface area contributed by atoms with E-state index in [1.807, 2.05) is 0 Å². The van der Waals surface area contributed by atoms with Crippen LogP contribution in [0.2, 0.25) is 0 Å². The number of aromatic nitrogens is 3. The van der Waals surface area contributed by atoms with Crippen molar-refractivity contribution in [1.29, 1.82) is 0 Å². The molecule has 1 aromatic heterocycles. The Bertz CT molecular complexity index is 751. The molecule has 6 nitrogen and oxygen atoms in total. The highest BCUT2D eigenvalue weighted by Gasteiger charge is 2.12. The molecule has 2 aromatic rings. The zero-order valence-electron chi connectivity index (χ0n) is 11.4. The quantitative estimate of drug-likeness (QED) is 0.901. The first-order chi connectivity index (χ1) is 9.40. The zero-order valence-corrected chi connectivity index (χ0v) is 11.4. The molecule has 1 N–H and O–H groups in total. The van der Waals surface area contributed by atoms with E-state index in [1.165, 1.54) is 26.2 Å². The van der Waals surface area contributed by atoms with Crippen LogP contribution in [0.5, 0.6) is 0 Å². The molecule has 0 fully saturated rings. The molecule has 0 amide bonds. The van der Waals surface area contributed by atoms with Gasteiger partial charge in [0, 0.05) is 14.1 Å². The van der Waals surface area contributed by atoms with Crippen LogP contribution in [0.3, 0.4) is 0 Å². The first-order valence-corrected chi connectivity index (χ1v) is 6.06. The fraction of sp³-hybridized carbons (Fsp3) is 0.308. The minimum absolute atomic E-state index is 0.0476. The SMILES string of the molecule is CC(Nc1nn(C)c(=O)n(C)c1=O)c1cccc(F)c1. The lowest BCUT2D eigenvalue weighted by molar-refractivity contribution is 0.600. The second-order valence-corrected chi connectivity index (χ2v) is 4.54. The fourth-order valence-corrected chi connectivity index (χ4v) is 1.85. The van der Waals surface area contributed by atoms with Crippen LogP contribution in [0.4, 0.5) is 10.2 Å². The molecule has 0 saturated heterocycles. The Hall–Kier alpha value is -2.44. The molecular formula is C13H15FN4O2. The average molecular weight is 278 g/mol. The summed E-state index contributed by atoms with van der Waals surface area (Å²) in [5.74, 6) is -0.302. The van der Waals surface area contributed by atoms with Gasteiger partial charge < -0.3 is 5.32 Å². The maximum absolute atomic E-state index is 13.2. The van der Waals surface area contributed by atoms with Gasteiger partial charge in [-0.3, -0.25) is 9.36 Å². The van der Waals surface area contributed by atoms with Crippen molar-refractivity contribution in [3.05, 3.63) is 56.5 Å². The van der Waals surface area contributed by atoms with Crippen LogP contribution < -0.4 is 16.6 Å². The maximum atomic E-state index is 13.2. The minimum atomic E-state index is -0.517. The minimum Gasteiger partial charge on any atom is -0.358 e. The highest BCUT2D eigenvalue weighted by Crippen LogP contribution is 2.16. The van der Waals surface area contributed by atoms with Crippen LogP contribution in [0.25, 0.3) is 0 Å². The van der Waals surface area contributed by atoms with Crippen molar-refractivity contribution in [2.75, 3.05) is 5.32 Å². The zero-order chi connectivity index (χ0) is 14.9. The third kappa shape index (κ3) is 2.61. The molecule has 0 radical (unpaired) electrons. The summed E-state index contributed by atoms with van der Waals surface area (Å²) in [5, 5.41) is 6.78. The van der Waals surface area contributed by atoms with Gasteiger partial charge in [0.1, 0.15) is 5.82 Å². The molecule has 0 saturated carbocycles. The first-order valence-electron chi connectivity index (χ1n) is 6.06. The molecule has 1 heterocycles. The molecule has 7 heteroatoms. The second kappa shape index (κ2) is 5.28. The first kappa shape index (κ1) is 14.0. The summed E-state index contributed by atoms with van der Waals surface area (Å²) in [6.07, 6.45) is 0. The average Bonchev–Trinajstić information content (AvgIpc) is 2.42. The van der Waals surface area contributed by atoms with Crippen LogP contribution >= 0.6 is 0 Å². The van der Waals surface area contributed by atoms with E-state index in [0.29, 0.717) is 5.56 Å². The Morgan fingerprint density at radius 3 is 2.65 bits per heavy atom. The highest BCUT2D eigenvalue weighted by molar-refractivity contribution is 5.35. The van der Waals surface area contributed by atoms with Gasteiger partial charge in [-0.25, -0.2) is 13.9 Å². The molecule has 106 valence electrons. The van der Waals surface area contributed by atoms with Gasteiger partial charge in [-0.1, -0.05) is 12.1 Å².